The topological polar surface area (TPSA) is 52.2 Å². The van der Waals surface area contributed by atoms with Crippen LogP contribution in [0, 0.1) is 0 Å². The molecule has 5 rings (SSSR count). The van der Waals surface area contributed by atoms with E-state index in [-0.39, 0.29) is 11.9 Å². The number of hydrogen-bond donors (Lipinski definition) is 1. The molecule has 0 saturated carbocycles. The number of carbonyl (C=O) groups excluding carboxylic acids is 1. The predicted octanol–water partition coefficient (Wildman–Crippen LogP) is 3.02. The van der Waals surface area contributed by atoms with Gasteiger partial charge in [-0.15, -0.1) is 0 Å². The summed E-state index contributed by atoms with van der Waals surface area (Å²) in [5, 5.41) is 0. The largest absolute Gasteiger partial charge is 0.361 e. The number of nitrogens with zero attached hydrogens (tertiary/aromatic N) is 3. The van der Waals surface area contributed by atoms with Gasteiger partial charge in [-0.3, -0.25) is 4.79 Å². The molecular formula is C21H20N4O. The lowest BCUT2D eigenvalue weighted by atomic mass is 9.96. The average Bonchev–Trinajstić information content (AvgIpc) is 3.18. The number of aromatic amines is 1. The molecule has 26 heavy (non-hydrogen) atoms. The summed E-state index contributed by atoms with van der Waals surface area (Å²) < 4.78 is 0. The van der Waals surface area contributed by atoms with Crippen LogP contribution in [0.2, 0.25) is 0 Å². The Kier molecular flexibility index (Phi) is 3.52. The maximum Gasteiger partial charge on any atom is 0.289 e. The third-order valence-corrected chi connectivity index (χ3v) is 5.46. The molecule has 1 atom stereocenters. The fourth-order valence-corrected chi connectivity index (χ4v) is 4.22. The fourth-order valence-electron chi connectivity index (χ4n) is 4.22. The van der Waals surface area contributed by atoms with Crippen molar-refractivity contribution in [3.8, 4) is 0 Å². The number of aromatic nitrogens is 2. The van der Waals surface area contributed by atoms with Crippen LogP contribution >= 0.6 is 0 Å². The average molecular weight is 344 g/mol. The van der Waals surface area contributed by atoms with Gasteiger partial charge in [0.1, 0.15) is 0 Å². The minimum absolute atomic E-state index is 0.0235. The molecule has 2 aliphatic rings. The molecule has 1 N–H and O–H groups in total. The predicted molar refractivity (Wildman–Crippen MR) is 100 cm³/mol. The summed E-state index contributed by atoms with van der Waals surface area (Å²) in [6.07, 6.45) is 4.26. The molecule has 0 bridgehead atoms. The Morgan fingerprint density at radius 2 is 1.85 bits per heavy atom. The van der Waals surface area contributed by atoms with Crippen molar-refractivity contribution in [3.05, 3.63) is 83.4 Å². The monoisotopic (exact) mass is 344 g/mol. The summed E-state index contributed by atoms with van der Waals surface area (Å²) in [5.74, 6) is 0.394. The molecule has 1 saturated heterocycles. The number of nitrogens with one attached hydrogen (secondary N) is 1. The lowest BCUT2D eigenvalue weighted by molar-refractivity contribution is 0.0710. The molecule has 0 aliphatic carbocycles. The number of anilines is 1. The van der Waals surface area contributed by atoms with Gasteiger partial charge in [-0.1, -0.05) is 42.5 Å². The zero-order valence-corrected chi connectivity index (χ0v) is 14.4. The molecule has 2 aliphatic heterocycles. The van der Waals surface area contributed by atoms with E-state index >= 15 is 0 Å². The Bertz CT molecular complexity index is 950. The molecule has 1 aromatic heterocycles. The molecule has 5 heteroatoms. The molecule has 2 aromatic carbocycles. The van der Waals surface area contributed by atoms with E-state index in [0.717, 1.165) is 13.0 Å². The van der Waals surface area contributed by atoms with Crippen molar-refractivity contribution in [1.82, 2.24) is 14.9 Å². The standard InChI is InChI=1S/C21H20N4O/c26-21(20-22-9-10-23-20)24-11-12-25-18-8-4-2-6-16(18)13-15-5-1-3-7-17(15)19(25)14-24/h1-10,19H,11-14H2,(H,22,23). The number of benzene rings is 2. The number of hydrogen-bond acceptors (Lipinski definition) is 3. The van der Waals surface area contributed by atoms with Crippen LogP contribution in [0.1, 0.15) is 33.4 Å². The van der Waals surface area contributed by atoms with Crippen molar-refractivity contribution in [3.63, 3.8) is 0 Å². The Balaban J connectivity index is 1.55. The quantitative estimate of drug-likeness (QED) is 0.738. The van der Waals surface area contributed by atoms with Crippen LogP contribution in [0.15, 0.2) is 60.9 Å². The van der Waals surface area contributed by atoms with Crippen molar-refractivity contribution < 1.29 is 4.79 Å². The van der Waals surface area contributed by atoms with E-state index in [0.29, 0.717) is 18.9 Å². The van der Waals surface area contributed by atoms with Crippen molar-refractivity contribution in [1.29, 1.82) is 0 Å². The van der Waals surface area contributed by atoms with Crippen LogP contribution in [-0.2, 0) is 6.42 Å². The SMILES string of the molecule is O=C(c1ncc[nH]1)N1CCN2c3ccccc3Cc3ccccc3C2C1. The van der Waals surface area contributed by atoms with E-state index in [4.69, 9.17) is 0 Å². The molecule has 3 aromatic rings. The maximum absolute atomic E-state index is 12.8. The van der Waals surface area contributed by atoms with Crippen LogP contribution in [-0.4, -0.2) is 40.4 Å². The summed E-state index contributed by atoms with van der Waals surface area (Å²) in [6, 6.07) is 17.4. The van der Waals surface area contributed by atoms with Crippen molar-refractivity contribution in [2.75, 3.05) is 24.5 Å². The normalized spacial score (nSPS) is 18.5. The first-order chi connectivity index (χ1) is 12.8. The first-order valence-electron chi connectivity index (χ1n) is 9.02. The zero-order chi connectivity index (χ0) is 17.5. The van der Waals surface area contributed by atoms with E-state index in [1.165, 1.54) is 22.4 Å². The van der Waals surface area contributed by atoms with E-state index < -0.39 is 0 Å². The van der Waals surface area contributed by atoms with Crippen molar-refractivity contribution in [2.24, 2.45) is 0 Å². The number of H-pyrrole nitrogens is 1. The highest BCUT2D eigenvalue weighted by Crippen LogP contribution is 2.39. The van der Waals surface area contributed by atoms with Gasteiger partial charge in [-0.05, 0) is 29.2 Å². The molecule has 1 unspecified atom stereocenters. The highest BCUT2D eigenvalue weighted by Gasteiger charge is 2.35. The van der Waals surface area contributed by atoms with Gasteiger partial charge >= 0.3 is 0 Å². The molecule has 5 nitrogen and oxygen atoms in total. The second kappa shape index (κ2) is 6.02. The van der Waals surface area contributed by atoms with E-state index in [2.05, 4.69) is 63.4 Å². The first-order valence-corrected chi connectivity index (χ1v) is 9.02. The van der Waals surface area contributed by atoms with E-state index in [1.807, 2.05) is 4.90 Å². The van der Waals surface area contributed by atoms with Crippen molar-refractivity contribution in [2.45, 2.75) is 12.5 Å². The number of amides is 1. The lowest BCUT2D eigenvalue weighted by Gasteiger charge is -2.42. The van der Waals surface area contributed by atoms with Gasteiger partial charge in [0.2, 0.25) is 0 Å². The second-order valence-corrected chi connectivity index (χ2v) is 6.90. The van der Waals surface area contributed by atoms with Gasteiger partial charge in [-0.2, -0.15) is 0 Å². The third kappa shape index (κ3) is 2.39. The molecule has 0 spiro atoms. The van der Waals surface area contributed by atoms with E-state index in [1.54, 1.807) is 12.4 Å². The number of imidazole rings is 1. The summed E-state index contributed by atoms with van der Waals surface area (Å²) in [7, 11) is 0. The Labute approximate surface area is 152 Å². The van der Waals surface area contributed by atoms with Gasteiger partial charge in [-0.25, -0.2) is 4.98 Å². The smallest absolute Gasteiger partial charge is 0.289 e. The van der Waals surface area contributed by atoms with Crippen molar-refractivity contribution >= 4 is 11.6 Å². The van der Waals surface area contributed by atoms with Crippen LogP contribution in [0.3, 0.4) is 0 Å². The van der Waals surface area contributed by atoms with Gasteiger partial charge in [0.25, 0.3) is 5.91 Å². The molecule has 1 amide bonds. The second-order valence-electron chi connectivity index (χ2n) is 6.90. The summed E-state index contributed by atoms with van der Waals surface area (Å²) in [6.45, 7) is 2.19. The summed E-state index contributed by atoms with van der Waals surface area (Å²) in [4.78, 5) is 24.3. The van der Waals surface area contributed by atoms with Crippen LogP contribution in [0.5, 0.6) is 0 Å². The third-order valence-electron chi connectivity index (χ3n) is 5.46. The van der Waals surface area contributed by atoms with Gasteiger partial charge in [0.15, 0.2) is 5.82 Å². The van der Waals surface area contributed by atoms with Gasteiger partial charge < -0.3 is 14.8 Å². The van der Waals surface area contributed by atoms with Crippen LogP contribution in [0.25, 0.3) is 0 Å². The fraction of sp³-hybridized carbons (Fsp3) is 0.238. The minimum atomic E-state index is -0.0235. The molecular weight excluding hydrogens is 324 g/mol. The first kappa shape index (κ1) is 15.2. The highest BCUT2D eigenvalue weighted by molar-refractivity contribution is 5.90. The summed E-state index contributed by atoms with van der Waals surface area (Å²) in [5.41, 5.74) is 5.31. The zero-order valence-electron chi connectivity index (χ0n) is 14.4. The van der Waals surface area contributed by atoms with Crippen LogP contribution < -0.4 is 4.90 Å². The number of carbonyl (C=O) groups is 1. The molecule has 130 valence electrons. The molecule has 1 fully saturated rings. The Hall–Kier alpha value is -3.08. The molecule has 3 heterocycles. The Morgan fingerprint density at radius 3 is 2.69 bits per heavy atom. The number of rotatable bonds is 1. The number of fused-ring (bicyclic) bond motifs is 5. The van der Waals surface area contributed by atoms with Gasteiger partial charge in [0.05, 0.1) is 6.04 Å². The van der Waals surface area contributed by atoms with E-state index in [9.17, 15) is 4.79 Å². The Morgan fingerprint density at radius 1 is 1.04 bits per heavy atom. The highest BCUT2D eigenvalue weighted by atomic mass is 16.2. The lowest BCUT2D eigenvalue weighted by Crippen LogP contribution is -2.50. The van der Waals surface area contributed by atoms with Crippen LogP contribution in [0.4, 0.5) is 5.69 Å². The maximum atomic E-state index is 12.8. The summed E-state index contributed by atoms with van der Waals surface area (Å²) >= 11 is 0. The number of para-hydroxylation sites is 1. The van der Waals surface area contributed by atoms with Gasteiger partial charge in [0, 0.05) is 37.7 Å². The minimum Gasteiger partial charge on any atom is -0.361 e. The number of piperazine rings is 1. The molecule has 0 radical (unpaired) electrons.